The fourth-order valence-corrected chi connectivity index (χ4v) is 3.14. The van der Waals surface area contributed by atoms with E-state index in [1.54, 1.807) is 49.5 Å². The molecule has 0 aliphatic rings. The van der Waals surface area contributed by atoms with E-state index in [0.717, 1.165) is 0 Å². The van der Waals surface area contributed by atoms with Crippen LogP contribution in [0, 0.1) is 24.1 Å². The summed E-state index contributed by atoms with van der Waals surface area (Å²) in [5, 5.41) is 23.6. The quantitative estimate of drug-likeness (QED) is 0.480. The van der Waals surface area contributed by atoms with Gasteiger partial charge in [-0.3, -0.25) is 0 Å². The number of benzene rings is 2. The normalized spacial score (nSPS) is 11.7. The molecule has 1 atom stereocenters. The van der Waals surface area contributed by atoms with Crippen molar-refractivity contribution in [1.29, 1.82) is 5.26 Å². The lowest BCUT2D eigenvalue weighted by Crippen LogP contribution is -2.10. The minimum Gasteiger partial charge on any atom is -0.437 e. The van der Waals surface area contributed by atoms with E-state index in [1.165, 1.54) is 23.0 Å². The first-order valence-corrected chi connectivity index (χ1v) is 9.74. The zero-order valence-corrected chi connectivity index (χ0v) is 17.1. The fourth-order valence-electron chi connectivity index (χ4n) is 3.14. The smallest absolute Gasteiger partial charge is 0.223 e. The average Bonchev–Trinajstić information content (AvgIpc) is 3.28. The SMILES string of the molecule is Cc1nc(Oc2cc(C#N)ccc2-n2cc(C(O)CN)cn2)cc(-c2ccccc2F)n1. The maximum atomic E-state index is 14.3. The number of aliphatic hydroxyl groups is 1. The summed E-state index contributed by atoms with van der Waals surface area (Å²) in [5.74, 6) is 0.470. The van der Waals surface area contributed by atoms with Gasteiger partial charge in [-0.1, -0.05) is 12.1 Å². The van der Waals surface area contributed by atoms with Crippen molar-refractivity contribution in [3.8, 4) is 34.6 Å². The van der Waals surface area contributed by atoms with Gasteiger partial charge in [-0.05, 0) is 31.2 Å². The third-order valence-corrected chi connectivity index (χ3v) is 4.73. The standard InChI is InChI=1S/C23H19FN6O2/c1-14-28-19(17-4-2-3-5-18(17)24)9-23(29-14)32-22-8-15(10-25)6-7-20(22)30-13-16(12-27-30)21(31)11-26/h2-9,12-13,21,31H,11,26H2,1H3. The molecule has 0 fully saturated rings. The highest BCUT2D eigenvalue weighted by atomic mass is 19.1. The Morgan fingerprint density at radius 3 is 2.78 bits per heavy atom. The first-order valence-electron chi connectivity index (χ1n) is 9.74. The number of rotatable bonds is 6. The number of hydrogen-bond donors (Lipinski definition) is 2. The first kappa shape index (κ1) is 21.1. The number of ether oxygens (including phenoxy) is 1. The van der Waals surface area contributed by atoms with Gasteiger partial charge >= 0.3 is 0 Å². The lowest BCUT2D eigenvalue weighted by atomic mass is 10.1. The van der Waals surface area contributed by atoms with Crippen LogP contribution in [0.3, 0.4) is 0 Å². The first-order chi connectivity index (χ1) is 15.5. The van der Waals surface area contributed by atoms with Crippen molar-refractivity contribution in [3.63, 3.8) is 0 Å². The van der Waals surface area contributed by atoms with Crippen LogP contribution in [-0.4, -0.2) is 31.4 Å². The minimum atomic E-state index is -0.848. The van der Waals surface area contributed by atoms with Gasteiger partial charge in [-0.2, -0.15) is 15.3 Å². The van der Waals surface area contributed by atoms with Crippen LogP contribution in [0.4, 0.5) is 4.39 Å². The second kappa shape index (κ2) is 8.93. The van der Waals surface area contributed by atoms with Crippen LogP contribution < -0.4 is 10.5 Å². The van der Waals surface area contributed by atoms with E-state index in [1.807, 2.05) is 0 Å². The molecule has 0 aliphatic carbocycles. The molecule has 2 heterocycles. The minimum absolute atomic E-state index is 0.0570. The highest BCUT2D eigenvalue weighted by Crippen LogP contribution is 2.31. The summed E-state index contributed by atoms with van der Waals surface area (Å²) in [5.41, 5.74) is 7.65. The summed E-state index contributed by atoms with van der Waals surface area (Å²) < 4.78 is 21.8. The molecule has 8 nitrogen and oxygen atoms in total. The molecule has 0 saturated carbocycles. The average molecular weight is 430 g/mol. The second-order valence-electron chi connectivity index (χ2n) is 6.98. The van der Waals surface area contributed by atoms with Crippen LogP contribution in [0.2, 0.25) is 0 Å². The number of aliphatic hydroxyl groups excluding tert-OH is 1. The van der Waals surface area contributed by atoms with Crippen molar-refractivity contribution in [2.75, 3.05) is 6.54 Å². The summed E-state index contributed by atoms with van der Waals surface area (Å²) in [4.78, 5) is 8.61. The van der Waals surface area contributed by atoms with Gasteiger partial charge in [0.2, 0.25) is 5.88 Å². The van der Waals surface area contributed by atoms with Crippen LogP contribution in [0.5, 0.6) is 11.6 Å². The van der Waals surface area contributed by atoms with Gasteiger partial charge in [-0.25, -0.2) is 14.1 Å². The molecular formula is C23H19FN6O2. The van der Waals surface area contributed by atoms with Crippen molar-refractivity contribution in [2.24, 2.45) is 5.73 Å². The van der Waals surface area contributed by atoms with E-state index in [4.69, 9.17) is 10.5 Å². The summed E-state index contributed by atoms with van der Waals surface area (Å²) in [6, 6.07) is 14.7. The van der Waals surface area contributed by atoms with E-state index in [2.05, 4.69) is 21.1 Å². The van der Waals surface area contributed by atoms with Crippen molar-refractivity contribution in [1.82, 2.24) is 19.7 Å². The molecule has 9 heteroatoms. The molecule has 0 aliphatic heterocycles. The second-order valence-corrected chi connectivity index (χ2v) is 6.98. The van der Waals surface area contributed by atoms with Gasteiger partial charge in [0.1, 0.15) is 17.3 Å². The van der Waals surface area contributed by atoms with E-state index in [-0.39, 0.29) is 12.4 Å². The molecule has 3 N–H and O–H groups in total. The fraction of sp³-hybridized carbons (Fsp3) is 0.130. The predicted molar refractivity (Wildman–Crippen MR) is 115 cm³/mol. The Balaban J connectivity index is 1.75. The van der Waals surface area contributed by atoms with E-state index >= 15 is 0 Å². The molecular weight excluding hydrogens is 411 g/mol. The van der Waals surface area contributed by atoms with Gasteiger partial charge in [-0.15, -0.1) is 0 Å². The van der Waals surface area contributed by atoms with Crippen molar-refractivity contribution in [2.45, 2.75) is 13.0 Å². The molecule has 0 spiro atoms. The van der Waals surface area contributed by atoms with Gasteiger partial charge < -0.3 is 15.6 Å². The molecule has 4 aromatic rings. The third-order valence-electron chi connectivity index (χ3n) is 4.73. The zero-order valence-electron chi connectivity index (χ0n) is 17.1. The van der Waals surface area contributed by atoms with Crippen LogP contribution in [0.15, 0.2) is 60.9 Å². The van der Waals surface area contributed by atoms with Crippen molar-refractivity contribution < 1.29 is 14.2 Å². The number of halogens is 1. The van der Waals surface area contributed by atoms with E-state index in [0.29, 0.717) is 39.6 Å². The van der Waals surface area contributed by atoms with Gasteiger partial charge in [0.05, 0.1) is 29.6 Å². The Hall–Kier alpha value is -4.13. The Morgan fingerprint density at radius 1 is 1.22 bits per heavy atom. The monoisotopic (exact) mass is 430 g/mol. The lowest BCUT2D eigenvalue weighted by molar-refractivity contribution is 0.186. The van der Waals surface area contributed by atoms with Crippen LogP contribution in [0.1, 0.15) is 23.1 Å². The highest BCUT2D eigenvalue weighted by Gasteiger charge is 2.15. The summed E-state index contributed by atoms with van der Waals surface area (Å²) in [7, 11) is 0. The molecule has 0 saturated heterocycles. The summed E-state index contributed by atoms with van der Waals surface area (Å²) in [6.45, 7) is 1.74. The van der Waals surface area contributed by atoms with Gasteiger partial charge in [0.15, 0.2) is 5.75 Å². The largest absolute Gasteiger partial charge is 0.437 e. The van der Waals surface area contributed by atoms with Crippen LogP contribution in [0.25, 0.3) is 16.9 Å². The molecule has 2 aromatic heterocycles. The maximum absolute atomic E-state index is 14.3. The number of nitrogens with two attached hydrogens (primary N) is 1. The lowest BCUT2D eigenvalue weighted by Gasteiger charge is -2.13. The Bertz CT molecular complexity index is 1310. The summed E-state index contributed by atoms with van der Waals surface area (Å²) >= 11 is 0. The topological polar surface area (TPSA) is 123 Å². The molecule has 0 radical (unpaired) electrons. The Morgan fingerprint density at radius 2 is 2.03 bits per heavy atom. The predicted octanol–water partition coefficient (Wildman–Crippen LogP) is 3.43. The van der Waals surface area contributed by atoms with Gasteiger partial charge in [0, 0.05) is 36.0 Å². The number of hydrogen-bond acceptors (Lipinski definition) is 7. The zero-order chi connectivity index (χ0) is 22.7. The van der Waals surface area contributed by atoms with Crippen LogP contribution >= 0.6 is 0 Å². The van der Waals surface area contributed by atoms with E-state index < -0.39 is 11.9 Å². The van der Waals surface area contributed by atoms with E-state index in [9.17, 15) is 14.8 Å². The number of aryl methyl sites for hydroxylation is 1. The Kier molecular flexibility index (Phi) is 5.89. The van der Waals surface area contributed by atoms with Crippen molar-refractivity contribution >= 4 is 0 Å². The molecule has 2 aromatic carbocycles. The Labute approximate surface area is 183 Å². The third kappa shape index (κ3) is 4.32. The number of nitriles is 1. The highest BCUT2D eigenvalue weighted by molar-refractivity contribution is 5.61. The molecule has 0 amide bonds. The maximum Gasteiger partial charge on any atom is 0.223 e. The number of nitrogens with zero attached hydrogens (tertiary/aromatic N) is 5. The number of aromatic nitrogens is 4. The van der Waals surface area contributed by atoms with Crippen molar-refractivity contribution in [3.05, 3.63) is 83.7 Å². The van der Waals surface area contributed by atoms with Gasteiger partial charge in [0.25, 0.3) is 0 Å². The molecule has 0 bridgehead atoms. The molecule has 32 heavy (non-hydrogen) atoms. The molecule has 4 rings (SSSR count). The summed E-state index contributed by atoms with van der Waals surface area (Å²) in [6.07, 6.45) is 2.28. The molecule has 160 valence electrons. The van der Waals surface area contributed by atoms with Crippen LogP contribution in [-0.2, 0) is 0 Å². The molecule has 1 unspecified atom stereocenters.